The molecule has 0 radical (unpaired) electrons. The minimum absolute atomic E-state index is 0.255. The van der Waals surface area contributed by atoms with Gasteiger partial charge in [0.25, 0.3) is 0 Å². The van der Waals surface area contributed by atoms with E-state index < -0.39 is 0 Å². The van der Waals surface area contributed by atoms with Crippen molar-refractivity contribution < 1.29 is 9.53 Å². The fourth-order valence-electron chi connectivity index (χ4n) is 2.58. The summed E-state index contributed by atoms with van der Waals surface area (Å²) in [5.41, 5.74) is 3.11. The van der Waals surface area contributed by atoms with Gasteiger partial charge in [-0.05, 0) is 20.8 Å². The van der Waals surface area contributed by atoms with E-state index in [-0.39, 0.29) is 5.78 Å². The van der Waals surface area contributed by atoms with Crippen LogP contribution < -0.4 is 0 Å². The van der Waals surface area contributed by atoms with Crippen molar-refractivity contribution in [3.8, 4) is 0 Å². The Morgan fingerprint density at radius 2 is 2.00 bits per heavy atom. The summed E-state index contributed by atoms with van der Waals surface area (Å²) in [6.45, 7) is 7.40. The Kier molecular flexibility index (Phi) is 2.31. The molecule has 1 saturated heterocycles. The fraction of sp³-hybridized carbons (Fsp3) is 0.583. The number of ketones is 1. The average Bonchev–Trinajstić information content (AvgIpc) is 2.62. The lowest BCUT2D eigenvalue weighted by Crippen LogP contribution is -2.07. The molecule has 2 atom stereocenters. The Bertz CT molecular complexity index is 332. The standard InChI is InChI=1S/C12H16O2/c1-4-8-9-5-14-6-10(9)11(7(2)3)12(8)13/h4,9-10H,5-6H2,1-3H3/b8-4+. The maximum absolute atomic E-state index is 12.0. The Balaban J connectivity index is 2.48. The highest BCUT2D eigenvalue weighted by Crippen LogP contribution is 2.43. The van der Waals surface area contributed by atoms with Crippen molar-refractivity contribution in [3.63, 3.8) is 0 Å². The first-order chi connectivity index (χ1) is 6.66. The molecule has 2 nitrogen and oxygen atoms in total. The molecular weight excluding hydrogens is 176 g/mol. The first-order valence-corrected chi connectivity index (χ1v) is 5.12. The number of rotatable bonds is 0. The summed E-state index contributed by atoms with van der Waals surface area (Å²) in [5, 5.41) is 0. The Morgan fingerprint density at radius 1 is 1.36 bits per heavy atom. The first kappa shape index (κ1) is 9.66. The zero-order valence-electron chi connectivity index (χ0n) is 8.96. The number of allylic oxidation sites excluding steroid dienone is 2. The fourth-order valence-corrected chi connectivity index (χ4v) is 2.58. The van der Waals surface area contributed by atoms with Crippen LogP contribution in [0.1, 0.15) is 20.8 Å². The monoisotopic (exact) mass is 192 g/mol. The van der Waals surface area contributed by atoms with Crippen LogP contribution in [0.5, 0.6) is 0 Å². The molecule has 1 aliphatic carbocycles. The summed E-state index contributed by atoms with van der Waals surface area (Å²) in [5.74, 6) is 0.918. The quantitative estimate of drug-likeness (QED) is 0.549. The first-order valence-electron chi connectivity index (χ1n) is 5.12. The van der Waals surface area contributed by atoms with Crippen LogP contribution in [0.25, 0.3) is 0 Å². The van der Waals surface area contributed by atoms with Gasteiger partial charge in [0.1, 0.15) is 0 Å². The number of ether oxygens (including phenoxy) is 1. The minimum atomic E-state index is 0.255. The predicted molar refractivity (Wildman–Crippen MR) is 54.9 cm³/mol. The number of carbonyl (C=O) groups is 1. The van der Waals surface area contributed by atoms with Crippen molar-refractivity contribution in [2.24, 2.45) is 11.8 Å². The van der Waals surface area contributed by atoms with Crippen molar-refractivity contribution in [1.82, 2.24) is 0 Å². The second-order valence-corrected chi connectivity index (χ2v) is 4.24. The molecule has 0 spiro atoms. The summed E-state index contributed by atoms with van der Waals surface area (Å²) in [6, 6.07) is 0. The zero-order chi connectivity index (χ0) is 10.3. The molecule has 0 aromatic carbocycles. The molecule has 76 valence electrons. The van der Waals surface area contributed by atoms with E-state index in [2.05, 4.69) is 0 Å². The van der Waals surface area contributed by atoms with Gasteiger partial charge in [0.15, 0.2) is 5.78 Å². The van der Waals surface area contributed by atoms with E-state index in [1.54, 1.807) is 0 Å². The average molecular weight is 192 g/mol. The highest BCUT2D eigenvalue weighted by atomic mass is 16.5. The van der Waals surface area contributed by atoms with E-state index in [0.29, 0.717) is 25.0 Å². The van der Waals surface area contributed by atoms with Crippen LogP contribution in [-0.4, -0.2) is 19.0 Å². The smallest absolute Gasteiger partial charge is 0.185 e. The molecule has 2 unspecified atom stereocenters. The van der Waals surface area contributed by atoms with Gasteiger partial charge in [0, 0.05) is 23.0 Å². The molecule has 0 amide bonds. The van der Waals surface area contributed by atoms with Crippen LogP contribution >= 0.6 is 0 Å². The Labute approximate surface area is 84.6 Å². The van der Waals surface area contributed by atoms with Crippen molar-refractivity contribution in [2.75, 3.05) is 13.2 Å². The third kappa shape index (κ3) is 1.17. The van der Waals surface area contributed by atoms with Gasteiger partial charge in [-0.2, -0.15) is 0 Å². The lowest BCUT2D eigenvalue weighted by Gasteiger charge is -2.07. The third-order valence-electron chi connectivity index (χ3n) is 3.21. The minimum Gasteiger partial charge on any atom is -0.380 e. The zero-order valence-corrected chi connectivity index (χ0v) is 8.96. The van der Waals surface area contributed by atoms with Crippen molar-refractivity contribution in [3.05, 3.63) is 22.8 Å². The predicted octanol–water partition coefficient (Wildman–Crippen LogP) is 2.11. The summed E-state index contributed by atoms with van der Waals surface area (Å²) < 4.78 is 5.45. The van der Waals surface area contributed by atoms with Crippen LogP contribution in [0.4, 0.5) is 0 Å². The van der Waals surface area contributed by atoms with E-state index >= 15 is 0 Å². The highest BCUT2D eigenvalue weighted by molar-refractivity contribution is 6.12. The molecule has 2 heteroatoms. The van der Waals surface area contributed by atoms with Gasteiger partial charge in [0.05, 0.1) is 13.2 Å². The van der Waals surface area contributed by atoms with Gasteiger partial charge in [-0.25, -0.2) is 0 Å². The summed E-state index contributed by atoms with van der Waals surface area (Å²) >= 11 is 0. The molecule has 1 heterocycles. The van der Waals surface area contributed by atoms with Crippen LogP contribution in [0.2, 0.25) is 0 Å². The second-order valence-electron chi connectivity index (χ2n) is 4.24. The molecular formula is C12H16O2. The van der Waals surface area contributed by atoms with Crippen molar-refractivity contribution in [1.29, 1.82) is 0 Å². The van der Waals surface area contributed by atoms with Crippen molar-refractivity contribution >= 4 is 5.78 Å². The number of hydrogen-bond donors (Lipinski definition) is 0. The van der Waals surface area contributed by atoms with Crippen LogP contribution in [0.3, 0.4) is 0 Å². The Hall–Kier alpha value is -0.890. The van der Waals surface area contributed by atoms with Gasteiger partial charge in [-0.1, -0.05) is 11.6 Å². The maximum Gasteiger partial charge on any atom is 0.185 e. The van der Waals surface area contributed by atoms with E-state index in [0.717, 1.165) is 16.7 Å². The molecule has 0 aromatic rings. The largest absolute Gasteiger partial charge is 0.380 e. The summed E-state index contributed by atoms with van der Waals surface area (Å²) in [7, 11) is 0. The van der Waals surface area contributed by atoms with E-state index in [1.165, 1.54) is 0 Å². The molecule has 2 fully saturated rings. The van der Waals surface area contributed by atoms with E-state index in [9.17, 15) is 4.79 Å². The van der Waals surface area contributed by atoms with E-state index in [4.69, 9.17) is 4.74 Å². The van der Waals surface area contributed by atoms with Crippen molar-refractivity contribution in [2.45, 2.75) is 20.8 Å². The number of carbonyl (C=O) groups excluding carboxylic acids is 1. The van der Waals surface area contributed by atoms with E-state index in [1.807, 2.05) is 26.8 Å². The van der Waals surface area contributed by atoms with Gasteiger partial charge >= 0.3 is 0 Å². The molecule has 1 aliphatic heterocycles. The molecule has 0 bridgehead atoms. The third-order valence-corrected chi connectivity index (χ3v) is 3.21. The molecule has 2 aliphatic rings. The SMILES string of the molecule is C/C=C1/C(=O)C(=C(C)C)C2COCC12. The number of Topliss-reactive ketones (excluding diaryl/α,β-unsaturated/α-hetero) is 1. The van der Waals surface area contributed by atoms with Gasteiger partial charge in [-0.15, -0.1) is 0 Å². The molecule has 0 N–H and O–H groups in total. The summed E-state index contributed by atoms with van der Waals surface area (Å²) in [6.07, 6.45) is 1.95. The van der Waals surface area contributed by atoms with Gasteiger partial charge in [-0.3, -0.25) is 4.79 Å². The van der Waals surface area contributed by atoms with Crippen LogP contribution in [0, 0.1) is 11.8 Å². The van der Waals surface area contributed by atoms with Crippen LogP contribution in [0.15, 0.2) is 22.8 Å². The van der Waals surface area contributed by atoms with Gasteiger partial charge < -0.3 is 4.74 Å². The normalized spacial score (nSPS) is 34.1. The lowest BCUT2D eigenvalue weighted by atomic mass is 9.94. The lowest BCUT2D eigenvalue weighted by molar-refractivity contribution is -0.112. The molecule has 2 rings (SSSR count). The highest BCUT2D eigenvalue weighted by Gasteiger charge is 2.45. The topological polar surface area (TPSA) is 26.3 Å². The molecule has 1 saturated carbocycles. The maximum atomic E-state index is 12.0. The Morgan fingerprint density at radius 3 is 2.57 bits per heavy atom. The molecule has 0 aromatic heterocycles. The summed E-state index contributed by atoms with van der Waals surface area (Å²) in [4.78, 5) is 12.0. The second kappa shape index (κ2) is 3.35. The van der Waals surface area contributed by atoms with Crippen LogP contribution in [-0.2, 0) is 9.53 Å². The number of fused-ring (bicyclic) bond motifs is 1. The number of hydrogen-bond acceptors (Lipinski definition) is 2. The molecule has 14 heavy (non-hydrogen) atoms. The van der Waals surface area contributed by atoms with Gasteiger partial charge in [0.2, 0.25) is 0 Å².